The molecule has 3 aromatic carbocycles. The van der Waals surface area contributed by atoms with Crippen molar-refractivity contribution in [2.24, 2.45) is 0 Å². The fourth-order valence-corrected chi connectivity index (χ4v) is 3.35. The van der Waals surface area contributed by atoms with Gasteiger partial charge < -0.3 is 14.2 Å². The molecule has 27 heavy (non-hydrogen) atoms. The van der Waals surface area contributed by atoms with Gasteiger partial charge in [-0.25, -0.2) is 0 Å². The van der Waals surface area contributed by atoms with Gasteiger partial charge in [-0.3, -0.25) is 4.79 Å². The summed E-state index contributed by atoms with van der Waals surface area (Å²) >= 11 is 0. The zero-order valence-electron chi connectivity index (χ0n) is 14.5. The second kappa shape index (κ2) is 6.32. The van der Waals surface area contributed by atoms with Crippen LogP contribution < -0.4 is 14.2 Å². The highest BCUT2D eigenvalue weighted by molar-refractivity contribution is 6.14. The third kappa shape index (κ3) is 2.85. The molecule has 2 aliphatic rings. The molecule has 5 rings (SSSR count). The van der Waals surface area contributed by atoms with Crippen LogP contribution in [0.25, 0.3) is 17.2 Å². The van der Waals surface area contributed by atoms with E-state index in [1.807, 2.05) is 72.8 Å². The maximum atomic E-state index is 13.0. The number of hydrogen-bond donors (Lipinski definition) is 0. The van der Waals surface area contributed by atoms with Crippen LogP contribution in [0.15, 0.2) is 72.3 Å². The summed E-state index contributed by atoms with van der Waals surface area (Å²) in [5, 5.41) is 0. The zero-order valence-corrected chi connectivity index (χ0v) is 14.5. The first kappa shape index (κ1) is 15.7. The van der Waals surface area contributed by atoms with Crippen molar-refractivity contribution in [2.45, 2.75) is 0 Å². The number of fused-ring (bicyclic) bond motifs is 2. The zero-order chi connectivity index (χ0) is 18.2. The number of benzene rings is 3. The molecule has 0 amide bonds. The van der Waals surface area contributed by atoms with Gasteiger partial charge in [-0.1, -0.05) is 42.5 Å². The van der Waals surface area contributed by atoms with Gasteiger partial charge in [-0.2, -0.15) is 0 Å². The van der Waals surface area contributed by atoms with Gasteiger partial charge in [0, 0.05) is 5.57 Å². The molecule has 0 saturated carbocycles. The minimum absolute atomic E-state index is 0.00769. The monoisotopic (exact) mass is 356 g/mol. The number of rotatable bonds is 2. The van der Waals surface area contributed by atoms with Gasteiger partial charge >= 0.3 is 0 Å². The molecule has 0 spiro atoms. The van der Waals surface area contributed by atoms with Crippen LogP contribution in [-0.2, 0) is 0 Å². The topological polar surface area (TPSA) is 44.8 Å². The van der Waals surface area contributed by atoms with E-state index in [0.29, 0.717) is 22.6 Å². The Kier molecular flexibility index (Phi) is 3.68. The smallest absolute Gasteiger partial charge is 0.231 e. The molecule has 0 aromatic heterocycles. The molecule has 0 atom stereocenters. The number of Topliss-reactive ketones (excluding diaryl/α,β-unsaturated/α-hetero) is 1. The van der Waals surface area contributed by atoms with Crippen molar-refractivity contribution in [3.63, 3.8) is 0 Å². The molecule has 0 N–H and O–H groups in total. The fraction of sp³-hybridized carbons (Fsp3) is 0.0870. The van der Waals surface area contributed by atoms with Crippen LogP contribution in [0.3, 0.4) is 0 Å². The summed E-state index contributed by atoms with van der Waals surface area (Å²) < 4.78 is 16.6. The van der Waals surface area contributed by atoms with Gasteiger partial charge in [0.25, 0.3) is 0 Å². The minimum atomic E-state index is -0.00769. The Morgan fingerprint density at radius 2 is 1.56 bits per heavy atom. The van der Waals surface area contributed by atoms with Gasteiger partial charge in [-0.05, 0) is 47.0 Å². The van der Waals surface area contributed by atoms with Crippen molar-refractivity contribution >= 4 is 11.9 Å². The molecule has 3 aromatic rings. The Labute approximate surface area is 156 Å². The van der Waals surface area contributed by atoms with Crippen LogP contribution in [0.4, 0.5) is 0 Å². The van der Waals surface area contributed by atoms with Crippen LogP contribution in [0.1, 0.15) is 15.9 Å². The highest BCUT2D eigenvalue weighted by atomic mass is 16.7. The molecule has 4 heteroatoms. The highest BCUT2D eigenvalue weighted by Gasteiger charge is 2.24. The van der Waals surface area contributed by atoms with Crippen molar-refractivity contribution in [2.75, 3.05) is 13.4 Å². The normalized spacial score (nSPS) is 16.1. The maximum absolute atomic E-state index is 13.0. The Balaban J connectivity index is 1.50. The van der Waals surface area contributed by atoms with Crippen LogP contribution >= 0.6 is 0 Å². The van der Waals surface area contributed by atoms with Crippen LogP contribution in [0, 0.1) is 0 Å². The minimum Gasteiger partial charge on any atom is -0.488 e. The molecule has 4 nitrogen and oxygen atoms in total. The third-order valence-corrected chi connectivity index (χ3v) is 4.74. The van der Waals surface area contributed by atoms with E-state index in [1.54, 1.807) is 0 Å². The lowest BCUT2D eigenvalue weighted by atomic mass is 9.94. The number of carbonyl (C=O) groups is 1. The fourth-order valence-electron chi connectivity index (χ4n) is 3.35. The number of carbonyl (C=O) groups excluding carboxylic acids is 1. The van der Waals surface area contributed by atoms with E-state index in [4.69, 9.17) is 14.2 Å². The number of ether oxygens (including phenoxy) is 3. The molecule has 2 aliphatic heterocycles. The van der Waals surface area contributed by atoms with Gasteiger partial charge in [-0.15, -0.1) is 0 Å². The summed E-state index contributed by atoms with van der Waals surface area (Å²) in [7, 11) is 0. The summed E-state index contributed by atoms with van der Waals surface area (Å²) in [6.45, 7) is 0.484. The van der Waals surface area contributed by atoms with Gasteiger partial charge in [0.05, 0.1) is 5.56 Å². The standard InChI is InChI=1S/C23H16O4/c24-23-18(10-15-6-8-21-22(11-15)27-14-26-21)13-25-20-9-7-17(12-19(20)23)16-4-2-1-3-5-16/h1-12H,13-14H2/b18-10+. The second-order valence-corrected chi connectivity index (χ2v) is 6.48. The van der Waals surface area contributed by atoms with E-state index in [1.165, 1.54) is 0 Å². The molecule has 0 saturated heterocycles. The van der Waals surface area contributed by atoms with E-state index < -0.39 is 0 Å². The van der Waals surface area contributed by atoms with E-state index in [9.17, 15) is 4.79 Å². The second-order valence-electron chi connectivity index (χ2n) is 6.48. The van der Waals surface area contributed by atoms with Crippen LogP contribution in [0.5, 0.6) is 17.2 Å². The predicted octanol–water partition coefficient (Wildman–Crippen LogP) is 4.74. The lowest BCUT2D eigenvalue weighted by molar-refractivity contribution is 0.100. The SMILES string of the molecule is O=C1/C(=C/c2ccc3c(c2)OCO3)COc2ccc(-c3ccccc3)cc21. The van der Waals surface area contributed by atoms with E-state index in [2.05, 4.69) is 0 Å². The first-order valence-electron chi connectivity index (χ1n) is 8.75. The van der Waals surface area contributed by atoms with Crippen molar-refractivity contribution in [3.8, 4) is 28.4 Å². The van der Waals surface area contributed by atoms with E-state index in [-0.39, 0.29) is 19.2 Å². The Bertz CT molecular complexity index is 1070. The summed E-state index contributed by atoms with van der Waals surface area (Å²) in [6, 6.07) is 21.4. The van der Waals surface area contributed by atoms with E-state index in [0.717, 1.165) is 22.4 Å². The van der Waals surface area contributed by atoms with Gasteiger partial charge in [0.2, 0.25) is 6.79 Å². The average molecular weight is 356 g/mol. The summed E-state index contributed by atoms with van der Waals surface area (Å²) in [6.07, 6.45) is 1.85. The lowest BCUT2D eigenvalue weighted by Gasteiger charge is -2.20. The molecule has 0 radical (unpaired) electrons. The molecule has 0 unspecified atom stereocenters. The molecule has 132 valence electrons. The Hall–Kier alpha value is -3.53. The van der Waals surface area contributed by atoms with Crippen molar-refractivity contribution < 1.29 is 19.0 Å². The van der Waals surface area contributed by atoms with Gasteiger partial charge in [0.15, 0.2) is 17.3 Å². The maximum Gasteiger partial charge on any atom is 0.231 e. The van der Waals surface area contributed by atoms with Crippen molar-refractivity contribution in [3.05, 3.63) is 83.4 Å². The van der Waals surface area contributed by atoms with Crippen LogP contribution in [-0.4, -0.2) is 19.2 Å². The first-order chi connectivity index (χ1) is 13.3. The summed E-state index contributed by atoms with van der Waals surface area (Å²) in [5.74, 6) is 2.04. The number of ketones is 1. The largest absolute Gasteiger partial charge is 0.488 e. The highest BCUT2D eigenvalue weighted by Crippen LogP contribution is 2.35. The molecule has 0 fully saturated rings. The molecular weight excluding hydrogens is 340 g/mol. The quantitative estimate of drug-likeness (QED) is 0.622. The van der Waals surface area contributed by atoms with Crippen molar-refractivity contribution in [1.29, 1.82) is 0 Å². The van der Waals surface area contributed by atoms with Gasteiger partial charge in [0.1, 0.15) is 12.4 Å². The first-order valence-corrected chi connectivity index (χ1v) is 8.75. The molecule has 0 aliphatic carbocycles. The molecular formula is C23H16O4. The Morgan fingerprint density at radius 1 is 0.741 bits per heavy atom. The van der Waals surface area contributed by atoms with E-state index >= 15 is 0 Å². The summed E-state index contributed by atoms with van der Waals surface area (Å²) in [4.78, 5) is 13.0. The third-order valence-electron chi connectivity index (χ3n) is 4.74. The summed E-state index contributed by atoms with van der Waals surface area (Å²) in [5.41, 5.74) is 4.16. The predicted molar refractivity (Wildman–Crippen MR) is 102 cm³/mol. The number of hydrogen-bond acceptors (Lipinski definition) is 4. The Morgan fingerprint density at radius 3 is 2.44 bits per heavy atom. The molecule has 2 heterocycles. The van der Waals surface area contributed by atoms with Crippen molar-refractivity contribution in [1.82, 2.24) is 0 Å². The lowest BCUT2D eigenvalue weighted by Crippen LogP contribution is -2.19. The molecule has 0 bridgehead atoms. The average Bonchev–Trinajstić information content (AvgIpc) is 3.18. The van der Waals surface area contributed by atoms with Crippen LogP contribution in [0.2, 0.25) is 0 Å².